The monoisotopic (exact) mass is 321 g/mol. The van der Waals surface area contributed by atoms with Crippen molar-refractivity contribution in [3.8, 4) is 5.75 Å². The summed E-state index contributed by atoms with van der Waals surface area (Å²) in [6.07, 6.45) is 0.264. The van der Waals surface area contributed by atoms with Crippen LogP contribution in [0.5, 0.6) is 5.75 Å². The van der Waals surface area contributed by atoms with Gasteiger partial charge in [-0.3, -0.25) is 4.79 Å². The fourth-order valence-electron chi connectivity index (χ4n) is 2.98. The van der Waals surface area contributed by atoms with E-state index in [9.17, 15) is 14.0 Å². The molecule has 1 aromatic carbocycles. The summed E-state index contributed by atoms with van der Waals surface area (Å²) in [6, 6.07) is 4.36. The Morgan fingerprint density at radius 2 is 1.96 bits per heavy atom. The summed E-state index contributed by atoms with van der Waals surface area (Å²) in [7, 11) is 0. The molecule has 0 radical (unpaired) electrons. The molecule has 0 aromatic heterocycles. The Bertz CT molecular complexity index is 657. The molecule has 0 unspecified atom stereocenters. The van der Waals surface area contributed by atoms with Gasteiger partial charge >= 0.3 is 6.09 Å². The number of hydrogen-bond acceptors (Lipinski definition) is 4. The molecule has 1 saturated heterocycles. The predicted molar refractivity (Wildman–Crippen MR) is 81.1 cm³/mol. The van der Waals surface area contributed by atoms with Crippen LogP contribution in [0, 0.1) is 5.82 Å². The van der Waals surface area contributed by atoms with Crippen molar-refractivity contribution in [3.05, 3.63) is 29.6 Å². The van der Waals surface area contributed by atoms with Gasteiger partial charge in [0.2, 0.25) is 5.78 Å². The molecule has 2 heterocycles. The quantitative estimate of drug-likeness (QED) is 0.736. The van der Waals surface area contributed by atoms with E-state index in [2.05, 4.69) is 0 Å². The Morgan fingerprint density at radius 1 is 1.30 bits per heavy atom. The van der Waals surface area contributed by atoms with Gasteiger partial charge in [-0.05, 0) is 32.9 Å². The van der Waals surface area contributed by atoms with Crippen LogP contribution in [-0.4, -0.2) is 41.1 Å². The van der Waals surface area contributed by atoms with Gasteiger partial charge in [-0.1, -0.05) is 6.07 Å². The summed E-state index contributed by atoms with van der Waals surface area (Å²) < 4.78 is 24.9. The molecule has 124 valence electrons. The number of Topliss-reactive ketones (excluding diaryl/α,β-unsaturated/α-hetero) is 1. The fourth-order valence-corrected chi connectivity index (χ4v) is 2.98. The van der Waals surface area contributed by atoms with Crippen LogP contribution in [0.2, 0.25) is 0 Å². The average Bonchev–Trinajstić information content (AvgIpc) is 2.73. The molecule has 5 nitrogen and oxygen atoms in total. The average molecular weight is 321 g/mol. The van der Waals surface area contributed by atoms with Gasteiger partial charge in [0.1, 0.15) is 5.60 Å². The lowest BCUT2D eigenvalue weighted by Gasteiger charge is -2.37. The molecule has 1 aromatic rings. The second kappa shape index (κ2) is 5.22. The maximum atomic E-state index is 13.8. The minimum atomic E-state index is -1.05. The van der Waals surface area contributed by atoms with Crippen molar-refractivity contribution < 1.29 is 23.5 Å². The number of ketones is 1. The van der Waals surface area contributed by atoms with Crippen LogP contribution in [0.1, 0.15) is 44.0 Å². The molecule has 2 aliphatic rings. The third-order valence-corrected chi connectivity index (χ3v) is 4.15. The molecule has 1 fully saturated rings. The summed E-state index contributed by atoms with van der Waals surface area (Å²) >= 11 is 0. The summed E-state index contributed by atoms with van der Waals surface area (Å²) in [5.41, 5.74) is -1.33. The zero-order valence-electron chi connectivity index (χ0n) is 13.5. The maximum Gasteiger partial charge on any atom is 0.410 e. The van der Waals surface area contributed by atoms with Crippen molar-refractivity contribution in [2.45, 2.75) is 44.8 Å². The molecule has 6 heteroatoms. The maximum absolute atomic E-state index is 13.8. The van der Waals surface area contributed by atoms with E-state index in [1.54, 1.807) is 31.7 Å². The second-order valence-corrected chi connectivity index (χ2v) is 7.01. The Balaban J connectivity index is 1.72. The molecule has 0 saturated carbocycles. The SMILES string of the molecule is CC(C)(C)OC(=O)N1CCC2(CC1)Oc1c(F)cccc1C2=O. The van der Waals surface area contributed by atoms with Crippen molar-refractivity contribution in [2.75, 3.05) is 13.1 Å². The minimum absolute atomic E-state index is 0.0308. The zero-order chi connectivity index (χ0) is 16.8. The third kappa shape index (κ3) is 2.78. The fraction of sp³-hybridized carbons (Fsp3) is 0.529. The lowest BCUT2D eigenvalue weighted by Crippen LogP contribution is -2.52. The molecule has 0 bridgehead atoms. The first kappa shape index (κ1) is 15.8. The number of likely N-dealkylation sites (tertiary alicyclic amines) is 1. The van der Waals surface area contributed by atoms with Crippen molar-refractivity contribution >= 4 is 11.9 Å². The molecule has 3 rings (SSSR count). The van der Waals surface area contributed by atoms with Gasteiger partial charge in [0.25, 0.3) is 0 Å². The number of ether oxygens (including phenoxy) is 2. The molecule has 0 aliphatic carbocycles. The van der Waals surface area contributed by atoms with E-state index >= 15 is 0 Å². The van der Waals surface area contributed by atoms with E-state index in [-0.39, 0.29) is 17.1 Å². The van der Waals surface area contributed by atoms with Gasteiger partial charge in [-0.15, -0.1) is 0 Å². The Morgan fingerprint density at radius 3 is 2.52 bits per heavy atom. The smallest absolute Gasteiger partial charge is 0.410 e. The number of piperidine rings is 1. The van der Waals surface area contributed by atoms with Crippen LogP contribution in [0.15, 0.2) is 18.2 Å². The van der Waals surface area contributed by atoms with E-state index in [0.717, 1.165) is 0 Å². The van der Waals surface area contributed by atoms with Crippen LogP contribution >= 0.6 is 0 Å². The largest absolute Gasteiger partial charge is 0.475 e. The predicted octanol–water partition coefficient (Wildman–Crippen LogP) is 3.17. The first-order valence-electron chi connectivity index (χ1n) is 7.72. The van der Waals surface area contributed by atoms with Crippen molar-refractivity contribution in [2.24, 2.45) is 0 Å². The van der Waals surface area contributed by atoms with Crippen molar-refractivity contribution in [3.63, 3.8) is 0 Å². The third-order valence-electron chi connectivity index (χ3n) is 4.15. The first-order chi connectivity index (χ1) is 10.7. The van der Waals surface area contributed by atoms with E-state index in [4.69, 9.17) is 9.47 Å². The standard InChI is InChI=1S/C17H20FNO4/c1-16(2,3)23-15(21)19-9-7-17(8-10-19)14(20)11-5-4-6-12(18)13(11)22-17/h4-6H,7-10H2,1-3H3. The van der Waals surface area contributed by atoms with Gasteiger partial charge in [-0.2, -0.15) is 0 Å². The van der Waals surface area contributed by atoms with Crippen LogP contribution in [-0.2, 0) is 4.74 Å². The highest BCUT2D eigenvalue weighted by molar-refractivity contribution is 6.07. The van der Waals surface area contributed by atoms with Crippen LogP contribution in [0.3, 0.4) is 0 Å². The summed E-state index contributed by atoms with van der Waals surface area (Å²) in [5.74, 6) is -0.693. The minimum Gasteiger partial charge on any atom is -0.475 e. The topological polar surface area (TPSA) is 55.8 Å². The molecule has 2 aliphatic heterocycles. The molecule has 1 spiro atoms. The highest BCUT2D eigenvalue weighted by atomic mass is 19.1. The second-order valence-electron chi connectivity index (χ2n) is 7.01. The van der Waals surface area contributed by atoms with Crippen LogP contribution in [0.4, 0.5) is 9.18 Å². The number of rotatable bonds is 0. The van der Waals surface area contributed by atoms with Crippen molar-refractivity contribution in [1.29, 1.82) is 0 Å². The lowest BCUT2D eigenvalue weighted by molar-refractivity contribution is -0.00545. The number of nitrogens with zero attached hydrogens (tertiary/aromatic N) is 1. The number of amides is 1. The molecule has 1 amide bonds. The molecule has 23 heavy (non-hydrogen) atoms. The van der Waals surface area contributed by atoms with Crippen LogP contribution < -0.4 is 4.74 Å². The van der Waals surface area contributed by atoms with E-state index < -0.39 is 23.1 Å². The molecular weight excluding hydrogens is 301 g/mol. The van der Waals surface area contributed by atoms with E-state index in [1.165, 1.54) is 12.1 Å². The Kier molecular flexibility index (Phi) is 3.58. The Labute approximate surface area is 134 Å². The van der Waals surface area contributed by atoms with Gasteiger partial charge in [0.15, 0.2) is 17.2 Å². The molecule has 0 atom stereocenters. The first-order valence-corrected chi connectivity index (χ1v) is 7.72. The number of benzene rings is 1. The van der Waals surface area contributed by atoms with Gasteiger partial charge < -0.3 is 14.4 Å². The molecule has 0 N–H and O–H groups in total. The van der Waals surface area contributed by atoms with Crippen LogP contribution in [0.25, 0.3) is 0 Å². The number of halogens is 1. The van der Waals surface area contributed by atoms with E-state index in [1.807, 2.05) is 0 Å². The highest BCUT2D eigenvalue weighted by Crippen LogP contribution is 2.42. The van der Waals surface area contributed by atoms with Gasteiger partial charge in [0, 0.05) is 25.9 Å². The van der Waals surface area contributed by atoms with Crippen molar-refractivity contribution in [1.82, 2.24) is 4.90 Å². The zero-order valence-corrected chi connectivity index (χ0v) is 13.5. The van der Waals surface area contributed by atoms with Gasteiger partial charge in [0.05, 0.1) is 5.56 Å². The van der Waals surface area contributed by atoms with Gasteiger partial charge in [-0.25, -0.2) is 9.18 Å². The summed E-state index contributed by atoms with van der Waals surface area (Å²) in [6.45, 7) is 6.10. The Hall–Kier alpha value is -2.11. The summed E-state index contributed by atoms with van der Waals surface area (Å²) in [5, 5.41) is 0. The summed E-state index contributed by atoms with van der Waals surface area (Å²) in [4.78, 5) is 26.3. The number of fused-ring (bicyclic) bond motifs is 1. The normalized spacial score (nSPS) is 19.5. The van der Waals surface area contributed by atoms with E-state index in [0.29, 0.717) is 25.9 Å². The number of para-hydroxylation sites is 1. The molecular formula is C17H20FNO4. The highest BCUT2D eigenvalue weighted by Gasteiger charge is 2.51. The number of carbonyl (C=O) groups is 2. The number of hydrogen-bond donors (Lipinski definition) is 0. The number of carbonyl (C=O) groups excluding carboxylic acids is 2. The lowest BCUT2D eigenvalue weighted by atomic mass is 9.86.